The summed E-state index contributed by atoms with van der Waals surface area (Å²) in [6.07, 6.45) is 2.01. The first-order valence-corrected chi connectivity index (χ1v) is 8.05. The summed E-state index contributed by atoms with van der Waals surface area (Å²) in [5.74, 6) is 0. The van der Waals surface area contributed by atoms with Crippen molar-refractivity contribution in [3.8, 4) is 0 Å². The molecule has 0 radical (unpaired) electrons. The second kappa shape index (κ2) is 6.09. The van der Waals surface area contributed by atoms with Crippen molar-refractivity contribution < 1.29 is 8.42 Å². The first-order valence-electron chi connectivity index (χ1n) is 5.63. The fourth-order valence-corrected chi connectivity index (χ4v) is 3.30. The highest BCUT2D eigenvalue weighted by Gasteiger charge is 2.18. The second-order valence-electron chi connectivity index (χ2n) is 3.73. The number of nitrogens with zero attached hydrogens (tertiary/aromatic N) is 2. The largest absolute Gasteiger partial charge is 0.386 e. The molecule has 0 unspecified atom stereocenters. The summed E-state index contributed by atoms with van der Waals surface area (Å²) in [5.41, 5.74) is 3.08. The summed E-state index contributed by atoms with van der Waals surface area (Å²) >= 11 is 1.49. The van der Waals surface area contributed by atoms with Gasteiger partial charge in [0.2, 0.25) is 0 Å². The molecule has 0 aliphatic heterocycles. The number of nitrogens with one attached hydrogen (secondary N) is 2. The van der Waals surface area contributed by atoms with E-state index >= 15 is 0 Å². The van der Waals surface area contributed by atoms with Gasteiger partial charge >= 0.3 is 0 Å². The van der Waals surface area contributed by atoms with Crippen LogP contribution in [0.3, 0.4) is 0 Å². The predicted octanol–water partition coefficient (Wildman–Crippen LogP) is 1.10. The van der Waals surface area contributed by atoms with E-state index in [2.05, 4.69) is 20.0 Å². The predicted molar refractivity (Wildman–Crippen MR) is 74.8 cm³/mol. The van der Waals surface area contributed by atoms with Crippen LogP contribution in [0.5, 0.6) is 0 Å². The van der Waals surface area contributed by atoms with E-state index in [0.717, 1.165) is 5.69 Å². The summed E-state index contributed by atoms with van der Waals surface area (Å²) in [6.45, 7) is 0.297. The third-order valence-corrected chi connectivity index (χ3v) is 4.51. The van der Waals surface area contributed by atoms with Gasteiger partial charge in [0.15, 0.2) is 5.03 Å². The SMILES string of the molecule is CNc1cccnc1S(=O)(=O)NCCc1cscn1. The van der Waals surface area contributed by atoms with Gasteiger partial charge in [-0.3, -0.25) is 0 Å². The molecule has 2 rings (SSSR count). The van der Waals surface area contributed by atoms with Crippen molar-refractivity contribution in [2.24, 2.45) is 0 Å². The normalized spacial score (nSPS) is 11.4. The quantitative estimate of drug-likeness (QED) is 0.834. The molecular formula is C11H14N4O2S2. The van der Waals surface area contributed by atoms with Gasteiger partial charge in [-0.05, 0) is 12.1 Å². The lowest BCUT2D eigenvalue weighted by Gasteiger charge is -2.09. The first kappa shape index (κ1) is 13.9. The summed E-state index contributed by atoms with van der Waals surface area (Å²) in [7, 11) is -1.95. The number of sulfonamides is 1. The number of hydrogen-bond acceptors (Lipinski definition) is 6. The molecule has 0 spiro atoms. The molecular weight excluding hydrogens is 284 g/mol. The molecule has 0 fully saturated rings. The molecule has 2 aromatic rings. The Morgan fingerprint density at radius 1 is 1.37 bits per heavy atom. The Hall–Kier alpha value is -1.51. The highest BCUT2D eigenvalue weighted by atomic mass is 32.2. The number of anilines is 1. The number of rotatable bonds is 6. The highest BCUT2D eigenvalue weighted by Crippen LogP contribution is 2.16. The van der Waals surface area contributed by atoms with Crippen molar-refractivity contribution in [2.75, 3.05) is 18.9 Å². The summed E-state index contributed by atoms with van der Waals surface area (Å²) in [6, 6.07) is 3.35. The third kappa shape index (κ3) is 3.49. The molecule has 0 atom stereocenters. The molecule has 6 nitrogen and oxygen atoms in total. The molecule has 2 heterocycles. The van der Waals surface area contributed by atoms with E-state index in [4.69, 9.17) is 0 Å². The summed E-state index contributed by atoms with van der Waals surface area (Å²) in [5, 5.41) is 4.72. The van der Waals surface area contributed by atoms with E-state index < -0.39 is 10.0 Å². The van der Waals surface area contributed by atoms with E-state index in [1.165, 1.54) is 17.5 Å². The van der Waals surface area contributed by atoms with Crippen LogP contribution in [0, 0.1) is 0 Å². The van der Waals surface area contributed by atoms with Crippen LogP contribution < -0.4 is 10.0 Å². The maximum atomic E-state index is 12.1. The van der Waals surface area contributed by atoms with Crippen molar-refractivity contribution in [3.63, 3.8) is 0 Å². The molecule has 0 saturated heterocycles. The van der Waals surface area contributed by atoms with Crippen LogP contribution >= 0.6 is 11.3 Å². The summed E-state index contributed by atoms with van der Waals surface area (Å²) in [4.78, 5) is 8.01. The molecule has 0 amide bonds. The minimum absolute atomic E-state index is 0.00998. The van der Waals surface area contributed by atoms with Crippen molar-refractivity contribution >= 4 is 27.0 Å². The van der Waals surface area contributed by atoms with Crippen LogP contribution in [0.25, 0.3) is 0 Å². The molecule has 102 valence electrons. The Balaban J connectivity index is 2.05. The monoisotopic (exact) mass is 298 g/mol. The van der Waals surface area contributed by atoms with Gasteiger partial charge in [0.25, 0.3) is 10.0 Å². The fourth-order valence-electron chi connectivity index (χ4n) is 1.54. The topological polar surface area (TPSA) is 84.0 Å². The van der Waals surface area contributed by atoms with Gasteiger partial charge in [0, 0.05) is 31.6 Å². The minimum atomic E-state index is -3.60. The Morgan fingerprint density at radius 3 is 2.89 bits per heavy atom. The van der Waals surface area contributed by atoms with E-state index in [1.54, 1.807) is 24.7 Å². The molecule has 19 heavy (non-hydrogen) atoms. The van der Waals surface area contributed by atoms with E-state index in [1.807, 2.05) is 5.38 Å². The average Bonchev–Trinajstić information content (AvgIpc) is 2.91. The van der Waals surface area contributed by atoms with E-state index in [9.17, 15) is 8.42 Å². The zero-order valence-corrected chi connectivity index (χ0v) is 12.0. The Labute approximate surface area is 116 Å². The van der Waals surface area contributed by atoms with Crippen LogP contribution in [0.1, 0.15) is 5.69 Å². The molecule has 0 aliphatic rings. The van der Waals surface area contributed by atoms with Crippen LogP contribution in [-0.4, -0.2) is 32.0 Å². The molecule has 8 heteroatoms. The smallest absolute Gasteiger partial charge is 0.260 e. The average molecular weight is 298 g/mol. The zero-order chi connectivity index (χ0) is 13.7. The maximum absolute atomic E-state index is 12.1. The van der Waals surface area contributed by atoms with Crippen LogP contribution in [0.15, 0.2) is 34.2 Å². The lowest BCUT2D eigenvalue weighted by molar-refractivity contribution is 0.578. The Morgan fingerprint density at radius 2 is 2.21 bits per heavy atom. The van der Waals surface area contributed by atoms with Crippen molar-refractivity contribution in [2.45, 2.75) is 11.4 Å². The lowest BCUT2D eigenvalue weighted by Crippen LogP contribution is -2.27. The van der Waals surface area contributed by atoms with Gasteiger partial charge in [0.1, 0.15) is 0 Å². The van der Waals surface area contributed by atoms with Gasteiger partial charge in [-0.2, -0.15) is 0 Å². The van der Waals surface area contributed by atoms with Crippen LogP contribution in [0.4, 0.5) is 5.69 Å². The van der Waals surface area contributed by atoms with Gasteiger partial charge < -0.3 is 5.32 Å². The van der Waals surface area contributed by atoms with Crippen molar-refractivity contribution in [1.29, 1.82) is 0 Å². The Kier molecular flexibility index (Phi) is 4.46. The summed E-state index contributed by atoms with van der Waals surface area (Å²) < 4.78 is 26.7. The first-order chi connectivity index (χ1) is 9.13. The van der Waals surface area contributed by atoms with E-state index in [-0.39, 0.29) is 5.03 Å². The molecule has 0 aromatic carbocycles. The molecule has 2 N–H and O–H groups in total. The lowest BCUT2D eigenvalue weighted by atomic mass is 10.3. The number of pyridine rings is 1. The maximum Gasteiger partial charge on any atom is 0.260 e. The van der Waals surface area contributed by atoms with E-state index in [0.29, 0.717) is 18.7 Å². The van der Waals surface area contributed by atoms with Crippen LogP contribution in [-0.2, 0) is 16.4 Å². The van der Waals surface area contributed by atoms with Crippen molar-refractivity contribution in [3.05, 3.63) is 34.9 Å². The fraction of sp³-hybridized carbons (Fsp3) is 0.273. The molecule has 2 aromatic heterocycles. The second-order valence-corrected chi connectivity index (χ2v) is 6.13. The van der Waals surface area contributed by atoms with Gasteiger partial charge in [0.05, 0.1) is 16.9 Å². The van der Waals surface area contributed by atoms with Crippen LogP contribution in [0.2, 0.25) is 0 Å². The number of thiazole rings is 1. The molecule has 0 saturated carbocycles. The minimum Gasteiger partial charge on any atom is -0.386 e. The van der Waals surface area contributed by atoms with Crippen molar-refractivity contribution in [1.82, 2.24) is 14.7 Å². The Bertz CT molecular complexity index is 626. The number of aromatic nitrogens is 2. The van der Waals surface area contributed by atoms with Gasteiger partial charge in [-0.1, -0.05) is 0 Å². The number of hydrogen-bond donors (Lipinski definition) is 2. The molecule has 0 aliphatic carbocycles. The zero-order valence-electron chi connectivity index (χ0n) is 10.3. The van der Waals surface area contributed by atoms with Gasteiger partial charge in [-0.25, -0.2) is 23.1 Å². The third-order valence-electron chi connectivity index (χ3n) is 2.45. The van der Waals surface area contributed by atoms with Gasteiger partial charge in [-0.15, -0.1) is 11.3 Å². The standard InChI is InChI=1S/C11H14N4O2S2/c1-12-10-3-2-5-13-11(10)19(16,17)15-6-4-9-7-18-8-14-9/h2-3,5,7-8,12,15H,4,6H2,1H3. The molecule has 0 bridgehead atoms. The highest BCUT2D eigenvalue weighted by molar-refractivity contribution is 7.89.